The molecule has 0 unspecified atom stereocenters. The standard InChI is InChI=1S/C6H14N2/c1-5-6(4-7-5)8(2)3/h5-7H,4H2,1-3H3/t5-,6+/m1/s1. The Morgan fingerprint density at radius 2 is 2.12 bits per heavy atom. The van der Waals surface area contributed by atoms with Gasteiger partial charge in [0.2, 0.25) is 0 Å². The summed E-state index contributed by atoms with van der Waals surface area (Å²) in [6.45, 7) is 3.38. The van der Waals surface area contributed by atoms with Crippen molar-refractivity contribution in [1.29, 1.82) is 0 Å². The average molecular weight is 114 g/mol. The van der Waals surface area contributed by atoms with E-state index in [2.05, 4.69) is 31.2 Å². The predicted molar refractivity (Wildman–Crippen MR) is 34.9 cm³/mol. The van der Waals surface area contributed by atoms with Crippen LogP contribution in [0.3, 0.4) is 0 Å². The molecule has 0 spiro atoms. The van der Waals surface area contributed by atoms with Crippen LogP contribution in [0, 0.1) is 0 Å². The Kier molecular flexibility index (Phi) is 1.54. The van der Waals surface area contributed by atoms with Gasteiger partial charge in [0.1, 0.15) is 0 Å². The maximum atomic E-state index is 3.30. The molecule has 0 aromatic rings. The zero-order valence-corrected chi connectivity index (χ0v) is 5.81. The van der Waals surface area contributed by atoms with Gasteiger partial charge >= 0.3 is 0 Å². The van der Waals surface area contributed by atoms with E-state index in [4.69, 9.17) is 0 Å². The molecule has 1 aliphatic rings. The van der Waals surface area contributed by atoms with Crippen LogP contribution in [-0.4, -0.2) is 37.6 Å². The minimum atomic E-state index is 0.699. The number of rotatable bonds is 1. The summed E-state index contributed by atoms with van der Waals surface area (Å²) < 4.78 is 0. The number of hydrogen-bond donors (Lipinski definition) is 1. The van der Waals surface area contributed by atoms with Crippen molar-refractivity contribution in [2.75, 3.05) is 20.6 Å². The fourth-order valence-electron chi connectivity index (χ4n) is 1.09. The second kappa shape index (κ2) is 2.03. The van der Waals surface area contributed by atoms with E-state index < -0.39 is 0 Å². The smallest absolute Gasteiger partial charge is 0.0365 e. The Morgan fingerprint density at radius 1 is 1.50 bits per heavy atom. The van der Waals surface area contributed by atoms with Crippen molar-refractivity contribution in [3.05, 3.63) is 0 Å². The highest BCUT2D eigenvalue weighted by Crippen LogP contribution is 2.07. The lowest BCUT2D eigenvalue weighted by Crippen LogP contribution is -2.61. The van der Waals surface area contributed by atoms with Crippen molar-refractivity contribution in [2.45, 2.75) is 19.0 Å². The van der Waals surface area contributed by atoms with Crippen LogP contribution < -0.4 is 5.32 Å². The molecule has 0 aromatic carbocycles. The second-order valence-corrected chi connectivity index (χ2v) is 2.73. The molecule has 1 aliphatic heterocycles. The van der Waals surface area contributed by atoms with E-state index in [0.29, 0.717) is 6.04 Å². The van der Waals surface area contributed by atoms with Crippen molar-refractivity contribution < 1.29 is 0 Å². The second-order valence-electron chi connectivity index (χ2n) is 2.73. The Hall–Kier alpha value is -0.0800. The number of nitrogens with one attached hydrogen (secondary N) is 1. The van der Waals surface area contributed by atoms with Gasteiger partial charge in [-0.3, -0.25) is 0 Å². The lowest BCUT2D eigenvalue weighted by atomic mass is 10.0. The van der Waals surface area contributed by atoms with Crippen LogP contribution in [-0.2, 0) is 0 Å². The summed E-state index contributed by atoms with van der Waals surface area (Å²) in [4.78, 5) is 2.27. The SMILES string of the molecule is C[C@H]1NC[C@@H]1N(C)C. The molecule has 48 valence electrons. The molecular weight excluding hydrogens is 100 g/mol. The first-order chi connectivity index (χ1) is 3.72. The molecule has 1 fully saturated rings. The summed E-state index contributed by atoms with van der Waals surface area (Å²) in [5, 5.41) is 3.30. The third kappa shape index (κ3) is 0.858. The van der Waals surface area contributed by atoms with Crippen molar-refractivity contribution in [3.63, 3.8) is 0 Å². The number of hydrogen-bond acceptors (Lipinski definition) is 2. The lowest BCUT2D eigenvalue weighted by Gasteiger charge is -2.40. The van der Waals surface area contributed by atoms with Gasteiger partial charge in [-0.2, -0.15) is 0 Å². The van der Waals surface area contributed by atoms with Crippen LogP contribution in [0.1, 0.15) is 6.92 Å². The van der Waals surface area contributed by atoms with Crippen molar-refractivity contribution in [3.8, 4) is 0 Å². The van der Waals surface area contributed by atoms with E-state index in [-0.39, 0.29) is 0 Å². The molecule has 0 saturated carbocycles. The highest BCUT2D eigenvalue weighted by atomic mass is 15.2. The summed E-state index contributed by atoms with van der Waals surface area (Å²) >= 11 is 0. The largest absolute Gasteiger partial charge is 0.311 e. The summed E-state index contributed by atoms with van der Waals surface area (Å²) in [7, 11) is 4.25. The van der Waals surface area contributed by atoms with Crippen molar-refractivity contribution in [2.24, 2.45) is 0 Å². The van der Waals surface area contributed by atoms with Crippen LogP contribution in [0.4, 0.5) is 0 Å². The van der Waals surface area contributed by atoms with E-state index in [1.54, 1.807) is 0 Å². The number of nitrogens with zero attached hydrogens (tertiary/aromatic N) is 1. The Bertz CT molecular complexity index is 75.8. The molecule has 2 atom stereocenters. The van der Waals surface area contributed by atoms with Gasteiger partial charge in [0.25, 0.3) is 0 Å². The van der Waals surface area contributed by atoms with Crippen LogP contribution in [0.2, 0.25) is 0 Å². The highest BCUT2D eigenvalue weighted by Gasteiger charge is 2.26. The maximum absolute atomic E-state index is 3.30. The zero-order valence-electron chi connectivity index (χ0n) is 5.81. The van der Waals surface area contributed by atoms with Crippen LogP contribution in [0.25, 0.3) is 0 Å². The van der Waals surface area contributed by atoms with Crippen molar-refractivity contribution >= 4 is 0 Å². The average Bonchev–Trinajstić information content (AvgIpc) is 1.61. The molecule has 1 heterocycles. The Morgan fingerprint density at radius 3 is 2.12 bits per heavy atom. The molecular formula is C6H14N2. The van der Waals surface area contributed by atoms with Crippen LogP contribution in [0.15, 0.2) is 0 Å². The Labute approximate surface area is 50.9 Å². The zero-order chi connectivity index (χ0) is 6.15. The van der Waals surface area contributed by atoms with E-state index in [1.807, 2.05) is 0 Å². The normalized spacial score (nSPS) is 37.5. The first-order valence-electron chi connectivity index (χ1n) is 3.11. The molecule has 0 aromatic heterocycles. The van der Waals surface area contributed by atoms with E-state index in [0.717, 1.165) is 12.6 Å². The third-order valence-corrected chi connectivity index (χ3v) is 1.89. The van der Waals surface area contributed by atoms with Gasteiger partial charge in [-0.05, 0) is 21.0 Å². The summed E-state index contributed by atoms with van der Waals surface area (Å²) in [6.07, 6.45) is 0. The maximum Gasteiger partial charge on any atom is 0.0365 e. The quantitative estimate of drug-likeness (QED) is 0.512. The fraction of sp³-hybridized carbons (Fsp3) is 1.00. The monoisotopic (exact) mass is 114 g/mol. The van der Waals surface area contributed by atoms with Gasteiger partial charge < -0.3 is 10.2 Å². The first-order valence-corrected chi connectivity index (χ1v) is 3.11. The summed E-state index contributed by atoms with van der Waals surface area (Å²) in [5.74, 6) is 0. The molecule has 1 rings (SSSR count). The molecule has 1 saturated heterocycles. The topological polar surface area (TPSA) is 15.3 Å². The summed E-state index contributed by atoms with van der Waals surface area (Å²) in [5.41, 5.74) is 0. The fourth-order valence-corrected chi connectivity index (χ4v) is 1.09. The third-order valence-electron chi connectivity index (χ3n) is 1.89. The van der Waals surface area contributed by atoms with Gasteiger partial charge in [0.15, 0.2) is 0 Å². The van der Waals surface area contributed by atoms with Crippen LogP contribution in [0.5, 0.6) is 0 Å². The summed E-state index contributed by atoms with van der Waals surface area (Å²) in [6, 6.07) is 1.47. The van der Waals surface area contributed by atoms with E-state index in [9.17, 15) is 0 Å². The van der Waals surface area contributed by atoms with Crippen molar-refractivity contribution in [1.82, 2.24) is 10.2 Å². The van der Waals surface area contributed by atoms with Gasteiger partial charge in [-0.25, -0.2) is 0 Å². The number of likely N-dealkylation sites (N-methyl/N-ethyl adjacent to an activating group) is 1. The lowest BCUT2D eigenvalue weighted by molar-refractivity contribution is 0.159. The van der Waals surface area contributed by atoms with Gasteiger partial charge in [0, 0.05) is 18.6 Å². The molecule has 8 heavy (non-hydrogen) atoms. The predicted octanol–water partition coefficient (Wildman–Crippen LogP) is -0.0917. The molecule has 1 N–H and O–H groups in total. The van der Waals surface area contributed by atoms with Gasteiger partial charge in [-0.1, -0.05) is 0 Å². The van der Waals surface area contributed by atoms with E-state index in [1.165, 1.54) is 0 Å². The van der Waals surface area contributed by atoms with Gasteiger partial charge in [0.05, 0.1) is 0 Å². The molecule has 0 radical (unpaired) electrons. The van der Waals surface area contributed by atoms with Crippen LogP contribution >= 0.6 is 0 Å². The first kappa shape index (κ1) is 6.05. The Balaban J connectivity index is 2.26. The molecule has 2 heteroatoms. The molecule has 0 amide bonds. The molecule has 2 nitrogen and oxygen atoms in total. The highest BCUT2D eigenvalue weighted by molar-refractivity contribution is 4.89. The minimum Gasteiger partial charge on any atom is -0.311 e. The van der Waals surface area contributed by atoms with E-state index >= 15 is 0 Å². The molecule has 0 aliphatic carbocycles. The van der Waals surface area contributed by atoms with Gasteiger partial charge in [-0.15, -0.1) is 0 Å². The molecule has 0 bridgehead atoms. The minimum absolute atomic E-state index is 0.699.